The minimum absolute atomic E-state index is 0.141. The summed E-state index contributed by atoms with van der Waals surface area (Å²) in [6, 6.07) is 0. The van der Waals surface area contributed by atoms with Crippen LogP contribution in [0.1, 0.15) is 232 Å². The monoisotopic (exact) mass is 1050 g/mol. The molecule has 2 atom stereocenters. The first kappa shape index (κ1) is 71.0. The molecule has 9 nitrogen and oxygen atoms in total. The van der Waals surface area contributed by atoms with Gasteiger partial charge in [0, 0.05) is 12.8 Å². The van der Waals surface area contributed by atoms with E-state index in [0.29, 0.717) is 17.4 Å². The number of aliphatic carboxylic acids is 1. The highest BCUT2D eigenvalue weighted by Crippen LogP contribution is 2.15. The summed E-state index contributed by atoms with van der Waals surface area (Å²) in [5.41, 5.74) is 0. The Bertz CT molecular complexity index is 1590. The van der Waals surface area contributed by atoms with Gasteiger partial charge < -0.3 is 33.3 Å². The molecule has 0 N–H and O–H groups in total. The van der Waals surface area contributed by atoms with Crippen molar-refractivity contribution in [1.29, 1.82) is 0 Å². The Morgan fingerprint density at radius 1 is 0.413 bits per heavy atom. The van der Waals surface area contributed by atoms with E-state index in [0.717, 1.165) is 109 Å². The van der Waals surface area contributed by atoms with Crippen molar-refractivity contribution in [3.63, 3.8) is 0 Å². The third-order valence-corrected chi connectivity index (χ3v) is 12.5. The lowest BCUT2D eigenvalue weighted by atomic mass is 10.0. The van der Waals surface area contributed by atoms with Gasteiger partial charge in [-0.1, -0.05) is 226 Å². The Labute approximate surface area is 460 Å². The standard InChI is InChI=1S/C66H111NO8/c1-6-8-10-12-14-16-18-20-22-23-24-25-26-27-28-29-30-31-32-33-34-35-36-37-38-39-40-41-43-45-47-49-51-53-55-57-64(69)75-62(61-74-66(65(70)71)72-59-58-67(3,4)5)60-73-63(68)56-54-52-50-48-46-44-42-21-19-17-15-13-11-9-7-2/h8,10,14-17,20-22,24-25,27-28,30-31,33-34,42,62,66H,6-7,9,11-13,18-19,23,26,29,32,35-41,43-61H2,1-5H3/b10-8-,16-14-,17-15-,22-20-,25-24-,28-27-,31-30-,34-33-,42-21-. The number of carbonyl (C=O) groups is 3. The zero-order valence-electron chi connectivity index (χ0n) is 48.6. The van der Waals surface area contributed by atoms with Gasteiger partial charge in [-0.2, -0.15) is 0 Å². The molecule has 0 amide bonds. The molecular formula is C66H111NO8. The van der Waals surface area contributed by atoms with Crippen molar-refractivity contribution in [3.8, 4) is 0 Å². The fourth-order valence-electron chi connectivity index (χ4n) is 7.90. The Balaban J connectivity index is 4.16. The van der Waals surface area contributed by atoms with E-state index < -0.39 is 24.3 Å². The molecule has 0 aromatic rings. The van der Waals surface area contributed by atoms with Gasteiger partial charge in [-0.3, -0.25) is 9.59 Å². The first-order chi connectivity index (χ1) is 36.6. The van der Waals surface area contributed by atoms with Crippen LogP contribution in [0.5, 0.6) is 0 Å². The lowest BCUT2D eigenvalue weighted by Crippen LogP contribution is -2.44. The molecule has 0 aromatic heterocycles. The number of hydrogen-bond acceptors (Lipinski definition) is 8. The Morgan fingerprint density at radius 3 is 1.13 bits per heavy atom. The lowest BCUT2D eigenvalue weighted by molar-refractivity contribution is -0.870. The Kier molecular flexibility index (Phi) is 53.1. The minimum atomic E-state index is -1.63. The van der Waals surface area contributed by atoms with Crippen LogP contribution >= 0.6 is 0 Å². The summed E-state index contributed by atoms with van der Waals surface area (Å²) < 4.78 is 22.7. The van der Waals surface area contributed by atoms with Crippen LogP contribution in [0.15, 0.2) is 109 Å². The van der Waals surface area contributed by atoms with Gasteiger partial charge in [0.25, 0.3) is 0 Å². The average molecular weight is 1050 g/mol. The molecule has 75 heavy (non-hydrogen) atoms. The summed E-state index contributed by atoms with van der Waals surface area (Å²) >= 11 is 0. The van der Waals surface area contributed by atoms with E-state index in [1.54, 1.807) is 0 Å². The van der Waals surface area contributed by atoms with Gasteiger partial charge in [-0.15, -0.1) is 0 Å². The van der Waals surface area contributed by atoms with Crippen LogP contribution in [0.4, 0.5) is 0 Å². The van der Waals surface area contributed by atoms with Gasteiger partial charge in [0.05, 0.1) is 40.3 Å². The number of carbonyl (C=O) groups excluding carboxylic acids is 3. The highest BCUT2D eigenvalue weighted by Gasteiger charge is 2.22. The van der Waals surface area contributed by atoms with E-state index in [-0.39, 0.29) is 38.6 Å². The first-order valence-corrected chi connectivity index (χ1v) is 30.0. The fourth-order valence-corrected chi connectivity index (χ4v) is 7.90. The van der Waals surface area contributed by atoms with Crippen LogP contribution in [0.25, 0.3) is 0 Å². The van der Waals surface area contributed by atoms with Crippen LogP contribution in [-0.2, 0) is 33.3 Å². The largest absolute Gasteiger partial charge is 0.545 e. The molecule has 0 aromatic carbocycles. The number of carboxylic acid groups (broad SMARTS) is 1. The Morgan fingerprint density at radius 2 is 0.760 bits per heavy atom. The van der Waals surface area contributed by atoms with E-state index in [2.05, 4.69) is 123 Å². The number of rotatable bonds is 54. The number of ether oxygens (including phenoxy) is 4. The molecular weight excluding hydrogens is 935 g/mol. The van der Waals surface area contributed by atoms with E-state index >= 15 is 0 Å². The van der Waals surface area contributed by atoms with Crippen molar-refractivity contribution in [1.82, 2.24) is 0 Å². The summed E-state index contributed by atoms with van der Waals surface area (Å²) in [6.07, 6.45) is 74.3. The molecule has 0 aliphatic rings. The quantitative estimate of drug-likeness (QED) is 0.0195. The lowest BCUT2D eigenvalue weighted by Gasteiger charge is -2.26. The molecule has 0 rings (SSSR count). The molecule has 9 heteroatoms. The maximum Gasteiger partial charge on any atom is 0.306 e. The maximum absolute atomic E-state index is 12.9. The second-order valence-corrected chi connectivity index (χ2v) is 20.9. The summed E-state index contributed by atoms with van der Waals surface area (Å²) in [6.45, 7) is 4.58. The van der Waals surface area contributed by atoms with E-state index in [4.69, 9.17) is 18.9 Å². The third-order valence-electron chi connectivity index (χ3n) is 12.5. The zero-order chi connectivity index (χ0) is 54.8. The molecule has 0 aliphatic carbocycles. The van der Waals surface area contributed by atoms with E-state index in [1.807, 2.05) is 21.1 Å². The molecule has 0 saturated carbocycles. The maximum atomic E-state index is 12.9. The second-order valence-electron chi connectivity index (χ2n) is 20.9. The molecule has 2 unspecified atom stereocenters. The summed E-state index contributed by atoms with van der Waals surface area (Å²) in [5, 5.41) is 11.8. The third kappa shape index (κ3) is 57.5. The number of allylic oxidation sites excluding steroid dienone is 18. The topological polar surface area (TPSA) is 111 Å². The van der Waals surface area contributed by atoms with E-state index in [9.17, 15) is 19.5 Å². The van der Waals surface area contributed by atoms with Crippen LogP contribution < -0.4 is 5.11 Å². The van der Waals surface area contributed by atoms with Crippen molar-refractivity contribution in [2.24, 2.45) is 0 Å². The summed E-state index contributed by atoms with van der Waals surface area (Å²) in [5.74, 6) is -2.31. The molecule has 0 saturated heterocycles. The van der Waals surface area contributed by atoms with Crippen molar-refractivity contribution in [2.45, 2.75) is 245 Å². The van der Waals surface area contributed by atoms with E-state index in [1.165, 1.54) is 89.9 Å². The predicted molar refractivity (Wildman–Crippen MR) is 315 cm³/mol. The Hall–Kier alpha value is -4.05. The highest BCUT2D eigenvalue weighted by molar-refractivity contribution is 5.70. The smallest absolute Gasteiger partial charge is 0.306 e. The molecule has 0 radical (unpaired) electrons. The number of esters is 2. The van der Waals surface area contributed by atoms with Gasteiger partial charge in [0.2, 0.25) is 0 Å². The van der Waals surface area contributed by atoms with Crippen molar-refractivity contribution in [2.75, 3.05) is 47.5 Å². The summed E-state index contributed by atoms with van der Waals surface area (Å²) in [7, 11) is 5.91. The second kappa shape index (κ2) is 56.2. The minimum Gasteiger partial charge on any atom is -0.545 e. The SMILES string of the molecule is CC/C=C\C/C=C\C/C=C\C/C=C\C/C=C\C/C=C\C/C=C\CCCCCCCCCCCCCCCC(=O)OC(COC(=O)CCCCCCC/C=C\C/C=C\CCCCC)COC(OCC[N+](C)(C)C)C(=O)[O-]. The predicted octanol–water partition coefficient (Wildman–Crippen LogP) is 16.6. The van der Waals surface area contributed by atoms with Crippen LogP contribution in [0, 0.1) is 0 Å². The van der Waals surface area contributed by atoms with Crippen LogP contribution in [0.3, 0.4) is 0 Å². The van der Waals surface area contributed by atoms with Crippen LogP contribution in [-0.4, -0.2) is 82.3 Å². The molecule has 428 valence electrons. The molecule has 0 fully saturated rings. The van der Waals surface area contributed by atoms with Gasteiger partial charge in [-0.25, -0.2) is 0 Å². The first-order valence-electron chi connectivity index (χ1n) is 30.0. The average Bonchev–Trinajstić information content (AvgIpc) is 3.38. The number of carboxylic acids is 1. The molecule has 0 spiro atoms. The van der Waals surface area contributed by atoms with Crippen LogP contribution in [0.2, 0.25) is 0 Å². The number of unbranched alkanes of at least 4 members (excludes halogenated alkanes) is 21. The number of nitrogens with zero attached hydrogens (tertiary/aromatic N) is 1. The van der Waals surface area contributed by atoms with Gasteiger partial charge in [-0.05, 0) is 103 Å². The number of quaternary nitrogens is 1. The molecule has 0 aliphatic heterocycles. The fraction of sp³-hybridized carbons (Fsp3) is 0.682. The highest BCUT2D eigenvalue weighted by atomic mass is 16.7. The normalized spacial score (nSPS) is 13.6. The summed E-state index contributed by atoms with van der Waals surface area (Å²) in [4.78, 5) is 37.3. The van der Waals surface area contributed by atoms with Gasteiger partial charge in [0.1, 0.15) is 13.2 Å². The van der Waals surface area contributed by atoms with Crippen molar-refractivity contribution >= 4 is 17.9 Å². The van der Waals surface area contributed by atoms with Crippen molar-refractivity contribution in [3.05, 3.63) is 109 Å². The van der Waals surface area contributed by atoms with Gasteiger partial charge in [0.15, 0.2) is 12.4 Å². The zero-order valence-corrected chi connectivity index (χ0v) is 48.6. The molecule has 0 bridgehead atoms. The van der Waals surface area contributed by atoms with Crippen molar-refractivity contribution < 1.29 is 42.9 Å². The van der Waals surface area contributed by atoms with Gasteiger partial charge >= 0.3 is 11.9 Å². The number of hydrogen-bond donors (Lipinski definition) is 0. The molecule has 0 heterocycles. The number of likely N-dealkylation sites (N-methyl/N-ethyl adjacent to an activating group) is 1.